The Morgan fingerprint density at radius 2 is 1.31 bits per heavy atom. The lowest BCUT2D eigenvalue weighted by Gasteiger charge is -2.40. The lowest BCUT2D eigenvalue weighted by atomic mass is 9.80. The molecule has 3 unspecified atom stereocenters. The lowest BCUT2D eigenvalue weighted by molar-refractivity contribution is -0.0835. The van der Waals surface area contributed by atoms with E-state index < -0.39 is 32.0 Å². The highest BCUT2D eigenvalue weighted by molar-refractivity contribution is 7.44. The number of nitrogens with zero attached hydrogens (tertiary/aromatic N) is 2. The van der Waals surface area contributed by atoms with Gasteiger partial charge in [-0.3, -0.25) is 0 Å². The first-order chi connectivity index (χ1) is 26.7. The van der Waals surface area contributed by atoms with E-state index >= 15 is 0 Å². The molecule has 0 N–H and O–H groups in total. The van der Waals surface area contributed by atoms with Crippen LogP contribution in [0, 0.1) is 11.3 Å². The SMILES string of the molecule is COc1ccc(C(OCC2Oc3cc4ccc(=O)oc4cc3OC2COP(OCCC#N)N(C(C)C)C(C)C)(c2ccccc2)c2ccc(OC)cc2)cc1. The van der Waals surface area contributed by atoms with Crippen LogP contribution in [-0.2, 0) is 19.4 Å². The predicted molar refractivity (Wildman–Crippen MR) is 211 cm³/mol. The van der Waals surface area contributed by atoms with Gasteiger partial charge in [0.25, 0.3) is 8.53 Å². The quantitative estimate of drug-likeness (QED) is 0.0391. The molecule has 288 valence electrons. The maximum Gasteiger partial charge on any atom is 0.336 e. The molecule has 0 amide bonds. The van der Waals surface area contributed by atoms with Crippen molar-refractivity contribution in [2.24, 2.45) is 0 Å². The van der Waals surface area contributed by atoms with E-state index in [2.05, 4.69) is 38.4 Å². The molecule has 12 heteroatoms. The van der Waals surface area contributed by atoms with Crippen molar-refractivity contribution in [3.8, 4) is 29.1 Å². The molecule has 6 rings (SSSR count). The second kappa shape index (κ2) is 18.1. The molecule has 1 aliphatic rings. The second-order valence-corrected chi connectivity index (χ2v) is 15.0. The molecule has 0 fully saturated rings. The molecule has 55 heavy (non-hydrogen) atoms. The highest BCUT2D eigenvalue weighted by Gasteiger charge is 2.42. The van der Waals surface area contributed by atoms with Crippen molar-refractivity contribution in [3.05, 3.63) is 130 Å². The van der Waals surface area contributed by atoms with Crippen LogP contribution in [0.5, 0.6) is 23.0 Å². The Labute approximate surface area is 323 Å². The molecule has 5 aromatic rings. The topological polar surface area (TPSA) is 122 Å². The van der Waals surface area contributed by atoms with E-state index in [1.165, 1.54) is 6.07 Å². The summed E-state index contributed by atoms with van der Waals surface area (Å²) in [5.41, 5.74) is 1.44. The zero-order valence-electron chi connectivity index (χ0n) is 32.0. The molecule has 0 bridgehead atoms. The van der Waals surface area contributed by atoms with Gasteiger partial charge in [-0.2, -0.15) is 5.26 Å². The third kappa shape index (κ3) is 8.97. The summed E-state index contributed by atoms with van der Waals surface area (Å²) in [6, 6.07) is 34.6. The van der Waals surface area contributed by atoms with Crippen LogP contribution in [0.4, 0.5) is 0 Å². The van der Waals surface area contributed by atoms with Crippen molar-refractivity contribution in [2.45, 2.75) is 64.0 Å². The minimum Gasteiger partial charge on any atom is -0.497 e. The molecule has 11 nitrogen and oxygen atoms in total. The van der Waals surface area contributed by atoms with Gasteiger partial charge in [-0.1, -0.05) is 54.6 Å². The van der Waals surface area contributed by atoms with E-state index in [9.17, 15) is 10.1 Å². The van der Waals surface area contributed by atoms with Crippen LogP contribution >= 0.6 is 8.53 Å². The van der Waals surface area contributed by atoms with E-state index in [1.807, 2.05) is 78.9 Å². The van der Waals surface area contributed by atoms with Crippen LogP contribution in [0.25, 0.3) is 11.0 Å². The average molecular weight is 767 g/mol. The van der Waals surface area contributed by atoms with Gasteiger partial charge in [0, 0.05) is 29.6 Å². The highest BCUT2D eigenvalue weighted by atomic mass is 31.2. The van der Waals surface area contributed by atoms with Gasteiger partial charge in [-0.05, 0) is 80.8 Å². The van der Waals surface area contributed by atoms with E-state index in [-0.39, 0.29) is 38.3 Å². The monoisotopic (exact) mass is 766 g/mol. The maximum absolute atomic E-state index is 12.1. The molecule has 0 saturated carbocycles. The summed E-state index contributed by atoms with van der Waals surface area (Å²) >= 11 is 0. The fourth-order valence-corrected chi connectivity index (χ4v) is 8.37. The number of ether oxygens (including phenoxy) is 5. The highest BCUT2D eigenvalue weighted by Crippen LogP contribution is 2.48. The third-order valence-electron chi connectivity index (χ3n) is 9.31. The van der Waals surface area contributed by atoms with Gasteiger partial charge in [0.05, 0.1) is 46.5 Å². The first-order valence-electron chi connectivity index (χ1n) is 18.3. The van der Waals surface area contributed by atoms with Crippen LogP contribution in [0.15, 0.2) is 112 Å². The largest absolute Gasteiger partial charge is 0.497 e. The zero-order chi connectivity index (χ0) is 39.0. The Hall–Kier alpha value is -4.95. The summed E-state index contributed by atoms with van der Waals surface area (Å²) in [4.78, 5) is 12.1. The van der Waals surface area contributed by atoms with Crippen LogP contribution in [0.1, 0.15) is 50.8 Å². The summed E-state index contributed by atoms with van der Waals surface area (Å²) in [7, 11) is 1.69. The Bertz CT molecular complexity index is 2040. The van der Waals surface area contributed by atoms with Gasteiger partial charge in [0.15, 0.2) is 23.7 Å². The van der Waals surface area contributed by atoms with Gasteiger partial charge in [0.1, 0.15) is 22.7 Å². The number of hydrogen-bond acceptors (Lipinski definition) is 11. The second-order valence-electron chi connectivity index (χ2n) is 13.6. The molecule has 1 aliphatic heterocycles. The Kier molecular flexibility index (Phi) is 13.1. The Balaban J connectivity index is 1.41. The Morgan fingerprint density at radius 1 is 0.745 bits per heavy atom. The predicted octanol–water partition coefficient (Wildman–Crippen LogP) is 8.62. The van der Waals surface area contributed by atoms with E-state index in [0.717, 1.165) is 16.7 Å². The van der Waals surface area contributed by atoms with Crippen molar-refractivity contribution in [2.75, 3.05) is 34.0 Å². The normalized spacial score (nSPS) is 16.0. The van der Waals surface area contributed by atoms with Gasteiger partial charge in [-0.25, -0.2) is 9.46 Å². The van der Waals surface area contributed by atoms with Gasteiger partial charge < -0.3 is 37.1 Å². The number of methoxy groups -OCH3 is 2. The fourth-order valence-electron chi connectivity index (χ4n) is 6.75. The van der Waals surface area contributed by atoms with Crippen LogP contribution < -0.4 is 24.6 Å². The van der Waals surface area contributed by atoms with E-state index in [4.69, 9.17) is 37.1 Å². The minimum atomic E-state index is -1.59. The zero-order valence-corrected chi connectivity index (χ0v) is 32.9. The summed E-state index contributed by atoms with van der Waals surface area (Å²) in [6.45, 7) is 8.69. The van der Waals surface area contributed by atoms with E-state index in [1.54, 1.807) is 32.4 Å². The standard InChI is InChI=1S/C43H47N2O9P/c1-29(2)45(30(3)4)55(50-24-10-23-44)51-28-41-40(52-38-25-31-13-22-42(46)54-37(31)26-39(38)53-41)27-49-43(32-11-8-7-9-12-32,33-14-18-35(47-5)19-15-33)34-16-20-36(48-6)21-17-34/h7-9,11-22,25-26,29-30,40-41H,10,24,27-28H2,1-6H3. The number of hydrogen-bond donors (Lipinski definition) is 0. The number of benzene rings is 4. The van der Waals surface area contributed by atoms with Gasteiger partial charge >= 0.3 is 5.63 Å². The minimum absolute atomic E-state index is 0.0631. The molecule has 0 spiro atoms. The smallest absolute Gasteiger partial charge is 0.336 e. The van der Waals surface area contributed by atoms with Crippen molar-refractivity contribution >= 4 is 19.5 Å². The average Bonchev–Trinajstić information content (AvgIpc) is 3.19. The molecular formula is C43H47N2O9P. The molecule has 2 heterocycles. The molecule has 4 aromatic carbocycles. The fraction of sp³-hybridized carbons (Fsp3) is 0.349. The van der Waals surface area contributed by atoms with Crippen LogP contribution in [0.3, 0.4) is 0 Å². The molecule has 0 saturated heterocycles. The summed E-state index contributed by atoms with van der Waals surface area (Å²) in [5.74, 6) is 2.31. The van der Waals surface area contributed by atoms with Gasteiger partial charge in [0.2, 0.25) is 0 Å². The Morgan fingerprint density at radius 3 is 1.87 bits per heavy atom. The van der Waals surface area contributed by atoms with Crippen molar-refractivity contribution in [1.29, 1.82) is 5.26 Å². The van der Waals surface area contributed by atoms with Crippen molar-refractivity contribution < 1.29 is 37.1 Å². The van der Waals surface area contributed by atoms with E-state index in [0.29, 0.717) is 34.0 Å². The van der Waals surface area contributed by atoms with Crippen molar-refractivity contribution in [3.63, 3.8) is 0 Å². The van der Waals surface area contributed by atoms with Gasteiger partial charge in [-0.15, -0.1) is 0 Å². The molecule has 0 radical (unpaired) electrons. The lowest BCUT2D eigenvalue weighted by Crippen LogP contribution is -2.48. The number of fused-ring (bicyclic) bond motifs is 2. The summed E-state index contributed by atoms with van der Waals surface area (Å²) < 4.78 is 52.2. The maximum atomic E-state index is 12.1. The number of rotatable bonds is 17. The number of nitriles is 1. The first kappa shape index (κ1) is 39.7. The molecule has 1 aromatic heterocycles. The molecular weight excluding hydrogens is 719 g/mol. The van der Waals surface area contributed by atoms with Crippen LogP contribution in [0.2, 0.25) is 0 Å². The summed E-state index contributed by atoms with van der Waals surface area (Å²) in [6.07, 6.45) is -1.13. The molecule has 3 atom stereocenters. The van der Waals surface area contributed by atoms with Crippen molar-refractivity contribution in [1.82, 2.24) is 4.67 Å². The van der Waals surface area contributed by atoms with Crippen LogP contribution in [-0.4, -0.2) is 63.0 Å². The summed E-state index contributed by atoms with van der Waals surface area (Å²) in [5, 5.41) is 9.93. The third-order valence-corrected chi connectivity index (χ3v) is 11.4. The first-order valence-corrected chi connectivity index (χ1v) is 19.4. The molecule has 0 aliphatic carbocycles.